The number of fused-ring (bicyclic) bond motifs is 1. The Kier molecular flexibility index (Phi) is 4.77. The lowest BCUT2D eigenvalue weighted by Gasteiger charge is -2.14. The molecule has 0 bridgehead atoms. The van der Waals surface area contributed by atoms with Gasteiger partial charge in [0.15, 0.2) is 0 Å². The Labute approximate surface area is 142 Å². The van der Waals surface area contributed by atoms with E-state index in [0.717, 1.165) is 34.2 Å². The summed E-state index contributed by atoms with van der Waals surface area (Å²) in [7, 11) is 0. The van der Waals surface area contributed by atoms with Gasteiger partial charge in [-0.1, -0.05) is 35.9 Å². The van der Waals surface area contributed by atoms with Gasteiger partial charge in [0.2, 0.25) is 0 Å². The van der Waals surface area contributed by atoms with E-state index in [9.17, 15) is 0 Å². The fourth-order valence-corrected chi connectivity index (χ4v) is 2.70. The van der Waals surface area contributed by atoms with Gasteiger partial charge >= 0.3 is 0 Å². The van der Waals surface area contributed by atoms with Crippen LogP contribution in [0.1, 0.15) is 24.0 Å². The number of benzene rings is 2. The molecule has 0 fully saturated rings. The van der Waals surface area contributed by atoms with Crippen LogP contribution in [-0.4, -0.2) is 11.6 Å². The predicted molar refractivity (Wildman–Crippen MR) is 97.0 cm³/mol. The zero-order chi connectivity index (χ0) is 16.9. The summed E-state index contributed by atoms with van der Waals surface area (Å²) < 4.78 is 6.09. The van der Waals surface area contributed by atoms with E-state index in [4.69, 9.17) is 10.00 Å². The second-order valence-corrected chi connectivity index (χ2v) is 6.00. The highest BCUT2D eigenvalue weighted by molar-refractivity contribution is 5.92. The molecule has 2 aromatic carbocycles. The summed E-state index contributed by atoms with van der Waals surface area (Å²) in [6.07, 6.45) is 3.10. The molecular weight excluding hydrogens is 296 g/mol. The van der Waals surface area contributed by atoms with Crippen LogP contribution in [-0.2, 0) is 0 Å². The van der Waals surface area contributed by atoms with Crippen molar-refractivity contribution in [3.05, 3.63) is 59.8 Å². The van der Waals surface area contributed by atoms with E-state index in [1.807, 2.05) is 6.20 Å². The topological polar surface area (TPSA) is 45.9 Å². The lowest BCUT2D eigenvalue weighted by molar-refractivity contribution is 0.317. The van der Waals surface area contributed by atoms with E-state index in [1.165, 1.54) is 11.1 Å². The van der Waals surface area contributed by atoms with Gasteiger partial charge in [-0.15, -0.1) is 0 Å². The zero-order valence-electron chi connectivity index (χ0n) is 14.0. The van der Waals surface area contributed by atoms with Crippen LogP contribution < -0.4 is 4.74 Å². The molecule has 1 heterocycles. The highest BCUT2D eigenvalue weighted by atomic mass is 16.5. The van der Waals surface area contributed by atoms with Crippen molar-refractivity contribution in [3.8, 4) is 22.9 Å². The summed E-state index contributed by atoms with van der Waals surface area (Å²) in [6.45, 7) is 4.66. The molecule has 0 saturated carbocycles. The number of nitrogens with zero attached hydrogens (tertiary/aromatic N) is 2. The first kappa shape index (κ1) is 16.0. The minimum Gasteiger partial charge on any atom is -0.492 e. The third kappa shape index (κ3) is 3.38. The number of pyridine rings is 1. The van der Waals surface area contributed by atoms with Crippen molar-refractivity contribution in [2.24, 2.45) is 0 Å². The standard InChI is InChI=1S/C21H20N2O/c1-15-5-8-17(9-6-15)19-14-23-20-13-16(2)7-10-18(20)21(19)24-12-4-3-11-22/h5-10,13-14H,3-4,12H2,1-2H3. The highest BCUT2D eigenvalue weighted by Gasteiger charge is 2.12. The van der Waals surface area contributed by atoms with Crippen LogP contribution in [0, 0.1) is 25.2 Å². The van der Waals surface area contributed by atoms with Crippen LogP contribution in [0.4, 0.5) is 0 Å². The first-order valence-electron chi connectivity index (χ1n) is 8.15. The van der Waals surface area contributed by atoms with Crippen LogP contribution >= 0.6 is 0 Å². The average molecular weight is 316 g/mol. The smallest absolute Gasteiger partial charge is 0.138 e. The molecule has 120 valence electrons. The second-order valence-electron chi connectivity index (χ2n) is 6.00. The number of aryl methyl sites for hydroxylation is 2. The van der Waals surface area contributed by atoms with Crippen molar-refractivity contribution in [2.75, 3.05) is 6.61 Å². The van der Waals surface area contributed by atoms with E-state index < -0.39 is 0 Å². The number of unbranched alkanes of at least 4 members (excludes halogenated alkanes) is 1. The molecule has 24 heavy (non-hydrogen) atoms. The maximum absolute atomic E-state index is 8.71. The van der Waals surface area contributed by atoms with Crippen LogP contribution in [0.5, 0.6) is 5.75 Å². The zero-order valence-corrected chi connectivity index (χ0v) is 14.0. The first-order valence-corrected chi connectivity index (χ1v) is 8.15. The van der Waals surface area contributed by atoms with Gasteiger partial charge in [-0.25, -0.2) is 0 Å². The van der Waals surface area contributed by atoms with Gasteiger partial charge < -0.3 is 4.74 Å². The second kappa shape index (κ2) is 7.14. The summed E-state index contributed by atoms with van der Waals surface area (Å²) in [5.41, 5.74) is 5.41. The number of nitriles is 1. The van der Waals surface area contributed by atoms with Crippen LogP contribution in [0.15, 0.2) is 48.7 Å². The van der Waals surface area contributed by atoms with Gasteiger partial charge in [-0.2, -0.15) is 5.26 Å². The molecule has 0 spiro atoms. The Morgan fingerprint density at radius 3 is 2.54 bits per heavy atom. The Morgan fingerprint density at radius 2 is 1.79 bits per heavy atom. The lowest BCUT2D eigenvalue weighted by atomic mass is 10.0. The maximum Gasteiger partial charge on any atom is 0.138 e. The van der Waals surface area contributed by atoms with Gasteiger partial charge in [-0.3, -0.25) is 4.98 Å². The predicted octanol–water partition coefficient (Wildman–Crippen LogP) is 5.20. The van der Waals surface area contributed by atoms with Crippen molar-refractivity contribution in [1.29, 1.82) is 5.26 Å². The van der Waals surface area contributed by atoms with Gasteiger partial charge in [-0.05, 0) is 43.5 Å². The summed E-state index contributed by atoms with van der Waals surface area (Å²) in [5.74, 6) is 0.849. The summed E-state index contributed by atoms with van der Waals surface area (Å²) >= 11 is 0. The van der Waals surface area contributed by atoms with Crippen molar-refractivity contribution >= 4 is 10.9 Å². The molecule has 0 radical (unpaired) electrons. The SMILES string of the molecule is Cc1ccc(-c2cnc3cc(C)ccc3c2OCCCC#N)cc1. The minimum atomic E-state index is 0.502. The van der Waals surface area contributed by atoms with E-state index in [2.05, 4.69) is 67.4 Å². The number of rotatable bonds is 5. The summed E-state index contributed by atoms with van der Waals surface area (Å²) in [6, 6.07) is 16.7. The first-order chi connectivity index (χ1) is 11.7. The molecule has 0 amide bonds. The van der Waals surface area contributed by atoms with E-state index in [0.29, 0.717) is 13.0 Å². The van der Waals surface area contributed by atoms with Gasteiger partial charge in [0.05, 0.1) is 18.2 Å². The highest BCUT2D eigenvalue weighted by Crippen LogP contribution is 2.36. The lowest BCUT2D eigenvalue weighted by Crippen LogP contribution is -2.00. The fourth-order valence-electron chi connectivity index (χ4n) is 2.70. The van der Waals surface area contributed by atoms with Gasteiger partial charge in [0, 0.05) is 23.6 Å². The summed E-state index contributed by atoms with van der Waals surface area (Å²) in [5, 5.41) is 9.72. The maximum atomic E-state index is 8.71. The normalized spacial score (nSPS) is 10.5. The molecule has 0 unspecified atom stereocenters. The average Bonchev–Trinajstić information content (AvgIpc) is 2.59. The minimum absolute atomic E-state index is 0.502. The quantitative estimate of drug-likeness (QED) is 0.608. The third-order valence-corrected chi connectivity index (χ3v) is 4.02. The van der Waals surface area contributed by atoms with Crippen LogP contribution in [0.2, 0.25) is 0 Å². The molecule has 3 rings (SSSR count). The molecule has 0 atom stereocenters. The molecule has 3 nitrogen and oxygen atoms in total. The molecule has 0 aliphatic heterocycles. The molecule has 0 aliphatic carbocycles. The third-order valence-electron chi connectivity index (χ3n) is 4.02. The van der Waals surface area contributed by atoms with Gasteiger partial charge in [0.1, 0.15) is 5.75 Å². The molecular formula is C21H20N2O. The molecule has 3 aromatic rings. The molecule has 0 aliphatic rings. The Balaban J connectivity index is 2.08. The Morgan fingerprint density at radius 1 is 1.04 bits per heavy atom. The van der Waals surface area contributed by atoms with Crippen molar-refractivity contribution in [2.45, 2.75) is 26.7 Å². The molecule has 3 heteroatoms. The molecule has 0 saturated heterocycles. The largest absolute Gasteiger partial charge is 0.492 e. The Bertz CT molecular complexity index is 892. The van der Waals surface area contributed by atoms with Crippen molar-refractivity contribution in [3.63, 3.8) is 0 Å². The van der Waals surface area contributed by atoms with Crippen LogP contribution in [0.3, 0.4) is 0 Å². The fraction of sp³-hybridized carbons (Fsp3) is 0.238. The number of aromatic nitrogens is 1. The Hall–Kier alpha value is -2.86. The summed E-state index contributed by atoms with van der Waals surface area (Å²) in [4.78, 5) is 4.61. The number of ether oxygens (including phenoxy) is 1. The van der Waals surface area contributed by atoms with E-state index >= 15 is 0 Å². The monoisotopic (exact) mass is 316 g/mol. The van der Waals surface area contributed by atoms with E-state index in [-0.39, 0.29) is 0 Å². The van der Waals surface area contributed by atoms with Gasteiger partial charge in [0.25, 0.3) is 0 Å². The van der Waals surface area contributed by atoms with Crippen molar-refractivity contribution in [1.82, 2.24) is 4.98 Å². The number of hydrogen-bond acceptors (Lipinski definition) is 3. The molecule has 0 N–H and O–H groups in total. The molecule has 1 aromatic heterocycles. The van der Waals surface area contributed by atoms with Crippen LogP contribution in [0.25, 0.3) is 22.0 Å². The number of hydrogen-bond donors (Lipinski definition) is 0. The van der Waals surface area contributed by atoms with Crippen molar-refractivity contribution < 1.29 is 4.74 Å². The van der Waals surface area contributed by atoms with E-state index in [1.54, 1.807) is 0 Å².